The Morgan fingerprint density at radius 3 is 2.74 bits per heavy atom. The molecule has 2 amide bonds. The molecule has 1 aliphatic heterocycles. The number of nitrogens with zero attached hydrogens (tertiary/aromatic N) is 2. The van der Waals surface area contributed by atoms with Crippen LogP contribution < -0.4 is 5.32 Å². The first-order chi connectivity index (χ1) is 9.13. The molecule has 1 aromatic heterocycles. The van der Waals surface area contributed by atoms with Crippen LogP contribution in [-0.4, -0.2) is 39.6 Å². The Hall–Kier alpha value is -2.11. The van der Waals surface area contributed by atoms with Crippen molar-refractivity contribution < 1.29 is 14.7 Å². The predicted molar refractivity (Wildman–Crippen MR) is 68.1 cm³/mol. The summed E-state index contributed by atoms with van der Waals surface area (Å²) in [5, 5.41) is 11.5. The molecule has 2 atom stereocenters. The predicted octanol–water partition coefficient (Wildman–Crippen LogP) is 1.80. The normalized spacial score (nSPS) is 24.5. The molecule has 1 aromatic rings. The van der Waals surface area contributed by atoms with E-state index in [4.69, 9.17) is 5.11 Å². The van der Waals surface area contributed by atoms with E-state index in [9.17, 15) is 9.59 Å². The fourth-order valence-electron chi connectivity index (χ4n) is 2.96. The van der Waals surface area contributed by atoms with E-state index in [2.05, 4.69) is 10.3 Å². The van der Waals surface area contributed by atoms with Crippen molar-refractivity contribution in [3.63, 3.8) is 0 Å². The van der Waals surface area contributed by atoms with Gasteiger partial charge in [0.25, 0.3) is 0 Å². The lowest BCUT2D eigenvalue weighted by atomic mass is 10.1. The van der Waals surface area contributed by atoms with Gasteiger partial charge in [0.15, 0.2) is 0 Å². The fourth-order valence-corrected chi connectivity index (χ4v) is 2.96. The van der Waals surface area contributed by atoms with Gasteiger partial charge in [-0.2, -0.15) is 0 Å². The first kappa shape index (κ1) is 12.0. The lowest BCUT2D eigenvalue weighted by Crippen LogP contribution is -2.40. The van der Waals surface area contributed by atoms with Gasteiger partial charge in [-0.05, 0) is 37.3 Å². The zero-order valence-electron chi connectivity index (χ0n) is 10.4. The number of hydrogen-bond donors (Lipinski definition) is 2. The van der Waals surface area contributed by atoms with Gasteiger partial charge in [-0.25, -0.2) is 14.6 Å². The van der Waals surface area contributed by atoms with Gasteiger partial charge in [-0.1, -0.05) is 0 Å². The number of anilines is 1. The number of aromatic nitrogens is 1. The number of urea groups is 1. The van der Waals surface area contributed by atoms with Gasteiger partial charge in [-0.15, -0.1) is 0 Å². The van der Waals surface area contributed by atoms with E-state index >= 15 is 0 Å². The number of hydrogen-bond acceptors (Lipinski definition) is 3. The van der Waals surface area contributed by atoms with Gasteiger partial charge in [0.2, 0.25) is 0 Å². The molecule has 6 heteroatoms. The van der Waals surface area contributed by atoms with Gasteiger partial charge in [0.05, 0.1) is 11.9 Å². The molecule has 19 heavy (non-hydrogen) atoms. The minimum Gasteiger partial charge on any atom is -0.477 e. The van der Waals surface area contributed by atoms with Crippen molar-refractivity contribution in [1.29, 1.82) is 0 Å². The van der Waals surface area contributed by atoms with Crippen molar-refractivity contribution in [2.45, 2.75) is 25.3 Å². The SMILES string of the molecule is O=C(O)c1ccc(NC(=O)N2CC3CCC2C3)cn1. The van der Waals surface area contributed by atoms with Gasteiger partial charge < -0.3 is 15.3 Å². The van der Waals surface area contributed by atoms with Crippen LogP contribution in [0.3, 0.4) is 0 Å². The number of carbonyl (C=O) groups is 2. The summed E-state index contributed by atoms with van der Waals surface area (Å²) in [7, 11) is 0. The molecule has 1 saturated heterocycles. The smallest absolute Gasteiger partial charge is 0.354 e. The average Bonchev–Trinajstić information content (AvgIpc) is 3.01. The lowest BCUT2D eigenvalue weighted by Gasteiger charge is -2.27. The maximum absolute atomic E-state index is 12.1. The molecule has 0 radical (unpaired) electrons. The van der Waals surface area contributed by atoms with E-state index in [1.54, 1.807) is 6.07 Å². The minimum atomic E-state index is -1.07. The maximum atomic E-state index is 12.1. The summed E-state index contributed by atoms with van der Waals surface area (Å²) in [6.45, 7) is 0.830. The van der Waals surface area contributed by atoms with Gasteiger partial charge in [0.1, 0.15) is 5.69 Å². The summed E-state index contributed by atoms with van der Waals surface area (Å²) in [6, 6.07) is 3.20. The number of rotatable bonds is 2. The molecule has 1 saturated carbocycles. The number of aromatic carboxylic acids is 1. The monoisotopic (exact) mass is 261 g/mol. The van der Waals surface area contributed by atoms with Crippen molar-refractivity contribution in [2.75, 3.05) is 11.9 Å². The van der Waals surface area contributed by atoms with Crippen molar-refractivity contribution >= 4 is 17.7 Å². The maximum Gasteiger partial charge on any atom is 0.354 e. The summed E-state index contributed by atoms with van der Waals surface area (Å²) in [6.07, 6.45) is 4.80. The van der Waals surface area contributed by atoms with Crippen LogP contribution >= 0.6 is 0 Å². The highest BCUT2D eigenvalue weighted by molar-refractivity contribution is 5.90. The third-order valence-corrected chi connectivity index (χ3v) is 3.90. The quantitative estimate of drug-likeness (QED) is 0.850. The highest BCUT2D eigenvalue weighted by Crippen LogP contribution is 2.37. The summed E-state index contributed by atoms with van der Waals surface area (Å²) in [5.41, 5.74) is 0.496. The zero-order chi connectivity index (χ0) is 13.4. The third kappa shape index (κ3) is 2.25. The summed E-state index contributed by atoms with van der Waals surface area (Å²) >= 11 is 0. The molecule has 100 valence electrons. The molecular weight excluding hydrogens is 246 g/mol. The highest BCUT2D eigenvalue weighted by Gasteiger charge is 2.40. The molecule has 2 heterocycles. The van der Waals surface area contributed by atoms with Gasteiger partial charge >= 0.3 is 12.0 Å². The molecule has 0 spiro atoms. The van der Waals surface area contributed by atoms with E-state index in [-0.39, 0.29) is 11.7 Å². The van der Waals surface area contributed by atoms with Crippen LogP contribution in [0.4, 0.5) is 10.5 Å². The summed E-state index contributed by atoms with van der Waals surface area (Å²) in [4.78, 5) is 28.4. The topological polar surface area (TPSA) is 82.5 Å². The Labute approximate surface area is 110 Å². The molecule has 1 aliphatic carbocycles. The Kier molecular flexibility index (Phi) is 2.85. The van der Waals surface area contributed by atoms with Crippen LogP contribution in [0.2, 0.25) is 0 Å². The van der Waals surface area contributed by atoms with Crippen LogP contribution in [-0.2, 0) is 0 Å². The van der Waals surface area contributed by atoms with E-state index in [0.29, 0.717) is 17.6 Å². The summed E-state index contributed by atoms with van der Waals surface area (Å²) in [5.74, 6) is -0.419. The summed E-state index contributed by atoms with van der Waals surface area (Å²) < 4.78 is 0. The van der Waals surface area contributed by atoms with Crippen LogP contribution in [0.15, 0.2) is 18.3 Å². The lowest BCUT2D eigenvalue weighted by molar-refractivity contribution is 0.0690. The van der Waals surface area contributed by atoms with Crippen molar-refractivity contribution in [1.82, 2.24) is 9.88 Å². The van der Waals surface area contributed by atoms with E-state index in [1.165, 1.54) is 18.7 Å². The Morgan fingerprint density at radius 1 is 1.37 bits per heavy atom. The number of carbonyl (C=O) groups excluding carboxylic acids is 1. The number of nitrogens with one attached hydrogen (secondary N) is 1. The third-order valence-electron chi connectivity index (χ3n) is 3.90. The Morgan fingerprint density at radius 2 is 2.21 bits per heavy atom. The molecule has 6 nitrogen and oxygen atoms in total. The number of carboxylic acid groups (broad SMARTS) is 1. The van der Waals surface area contributed by atoms with E-state index < -0.39 is 5.97 Å². The minimum absolute atomic E-state index is 0.0294. The number of pyridine rings is 1. The molecule has 2 aliphatic rings. The Balaban J connectivity index is 1.64. The molecule has 0 aromatic carbocycles. The number of fused-ring (bicyclic) bond motifs is 2. The van der Waals surface area contributed by atoms with Crippen LogP contribution in [0.1, 0.15) is 29.8 Å². The first-order valence-corrected chi connectivity index (χ1v) is 6.40. The van der Waals surface area contributed by atoms with Crippen LogP contribution in [0.5, 0.6) is 0 Å². The first-order valence-electron chi connectivity index (χ1n) is 6.40. The van der Waals surface area contributed by atoms with Crippen LogP contribution in [0, 0.1) is 5.92 Å². The molecule has 2 unspecified atom stereocenters. The number of amides is 2. The highest BCUT2D eigenvalue weighted by atomic mass is 16.4. The average molecular weight is 261 g/mol. The van der Waals surface area contributed by atoms with Crippen LogP contribution in [0.25, 0.3) is 0 Å². The molecule has 2 fully saturated rings. The van der Waals surface area contributed by atoms with E-state index in [1.807, 2.05) is 4.90 Å². The second-order valence-electron chi connectivity index (χ2n) is 5.15. The van der Waals surface area contributed by atoms with E-state index in [0.717, 1.165) is 19.4 Å². The second kappa shape index (κ2) is 4.53. The van der Waals surface area contributed by atoms with Crippen molar-refractivity contribution in [3.8, 4) is 0 Å². The van der Waals surface area contributed by atoms with Gasteiger partial charge in [-0.3, -0.25) is 0 Å². The van der Waals surface area contributed by atoms with Crippen molar-refractivity contribution in [2.24, 2.45) is 5.92 Å². The van der Waals surface area contributed by atoms with Gasteiger partial charge in [0, 0.05) is 12.6 Å². The molecular formula is C13H15N3O3. The molecule has 2 bridgehead atoms. The Bertz CT molecular complexity index is 514. The molecule has 2 N–H and O–H groups in total. The standard InChI is InChI=1S/C13H15N3O3/c17-12(18)11-4-2-9(6-14-11)15-13(19)16-7-8-1-3-10(16)5-8/h2,4,6,8,10H,1,3,5,7H2,(H,15,19)(H,17,18). The number of carboxylic acids is 1. The van der Waals surface area contributed by atoms with Crippen molar-refractivity contribution in [3.05, 3.63) is 24.0 Å². The fraction of sp³-hybridized carbons (Fsp3) is 0.462. The zero-order valence-corrected chi connectivity index (χ0v) is 10.4. The largest absolute Gasteiger partial charge is 0.477 e. The second-order valence-corrected chi connectivity index (χ2v) is 5.15. The molecule has 3 rings (SSSR count). The number of likely N-dealkylation sites (tertiary alicyclic amines) is 1. The number of piperidine rings is 1.